The molecule has 3 nitrogen and oxygen atoms in total. The summed E-state index contributed by atoms with van der Waals surface area (Å²) in [4.78, 5) is 15.6. The highest BCUT2D eigenvalue weighted by Gasteiger charge is 2.18. The van der Waals surface area contributed by atoms with E-state index < -0.39 is 0 Å². The van der Waals surface area contributed by atoms with E-state index in [0.29, 0.717) is 17.2 Å². The lowest BCUT2D eigenvalue weighted by molar-refractivity contribution is 0.0735. The number of aryl methyl sites for hydroxylation is 1. The highest BCUT2D eigenvalue weighted by molar-refractivity contribution is 6.05. The Bertz CT molecular complexity index is 2090. The molecule has 3 heteroatoms. The zero-order valence-corrected chi connectivity index (χ0v) is 26.3. The molecule has 7 aromatic rings. The van der Waals surface area contributed by atoms with E-state index in [-0.39, 0.29) is 5.97 Å². The maximum absolute atomic E-state index is 13.3. The number of hydrogen-bond donors (Lipinski definition) is 0. The Morgan fingerprint density at radius 3 is 1.76 bits per heavy atom. The van der Waals surface area contributed by atoms with Gasteiger partial charge in [0.15, 0.2) is 0 Å². The average molecular weight is 598 g/mol. The number of carbonyl (C=O) groups excluding carboxylic acids is 1. The molecular weight excluding hydrogens is 562 g/mol. The van der Waals surface area contributed by atoms with E-state index in [1.807, 2.05) is 48.5 Å². The summed E-state index contributed by atoms with van der Waals surface area (Å²) in [6.07, 6.45) is 0. The fraction of sp³-hybridized carbons (Fsp3) is 0.0930. The Balaban J connectivity index is 1.19. The Morgan fingerprint density at radius 2 is 1.17 bits per heavy atom. The second-order valence-corrected chi connectivity index (χ2v) is 12.0. The van der Waals surface area contributed by atoms with E-state index in [2.05, 4.69) is 129 Å². The van der Waals surface area contributed by atoms with Gasteiger partial charge in [-0.1, -0.05) is 117 Å². The molecule has 0 bridgehead atoms. The van der Waals surface area contributed by atoms with Crippen molar-refractivity contribution in [3.8, 4) is 16.9 Å². The van der Waals surface area contributed by atoms with Gasteiger partial charge in [-0.25, -0.2) is 4.79 Å². The number of benzene rings is 7. The fourth-order valence-electron chi connectivity index (χ4n) is 6.14. The van der Waals surface area contributed by atoms with E-state index in [9.17, 15) is 4.79 Å². The topological polar surface area (TPSA) is 29.5 Å². The van der Waals surface area contributed by atoms with E-state index in [4.69, 9.17) is 4.74 Å². The SMILES string of the molecule is Cc1ccc(C(C)C)cc1-c1ccc(OC(=O)c2ccc(N(c3cccc4ccccc34)c3cccc4ccccc34)cc2)cc1. The number of hydrogen-bond acceptors (Lipinski definition) is 3. The third-order valence-electron chi connectivity index (χ3n) is 8.68. The van der Waals surface area contributed by atoms with Gasteiger partial charge in [-0.2, -0.15) is 0 Å². The molecular formula is C43H35NO2. The zero-order chi connectivity index (χ0) is 31.6. The van der Waals surface area contributed by atoms with E-state index >= 15 is 0 Å². The van der Waals surface area contributed by atoms with Crippen LogP contribution in [-0.2, 0) is 0 Å². The van der Waals surface area contributed by atoms with Crippen molar-refractivity contribution in [2.75, 3.05) is 4.90 Å². The highest BCUT2D eigenvalue weighted by atomic mass is 16.5. The molecule has 7 rings (SSSR count). The quantitative estimate of drug-likeness (QED) is 0.135. The molecule has 0 unspecified atom stereocenters. The van der Waals surface area contributed by atoms with Crippen LogP contribution in [0.15, 0.2) is 152 Å². The number of ether oxygens (including phenoxy) is 1. The van der Waals surface area contributed by atoms with Gasteiger partial charge in [0.1, 0.15) is 5.75 Å². The molecule has 0 N–H and O–H groups in total. The summed E-state index contributed by atoms with van der Waals surface area (Å²) in [5, 5.41) is 4.63. The van der Waals surface area contributed by atoms with Crippen molar-refractivity contribution in [1.29, 1.82) is 0 Å². The maximum atomic E-state index is 13.3. The molecule has 0 aliphatic carbocycles. The predicted octanol–water partition coefficient (Wildman–Crippen LogP) is 11.8. The third-order valence-corrected chi connectivity index (χ3v) is 8.68. The molecule has 0 saturated heterocycles. The van der Waals surface area contributed by atoms with Gasteiger partial charge in [0, 0.05) is 16.5 Å². The molecule has 0 fully saturated rings. The minimum Gasteiger partial charge on any atom is -0.423 e. The molecule has 0 radical (unpaired) electrons. The molecule has 0 spiro atoms. The standard InChI is InChI=1S/C43H35NO2/c1-29(2)35-19-18-30(3)40(28-35)33-22-26-37(27-23-33)46-43(45)34-20-24-36(25-21-34)44(41-16-8-12-31-10-4-6-14-38(31)41)42-17-9-13-32-11-5-7-15-39(32)42/h4-29H,1-3H3. The summed E-state index contributed by atoms with van der Waals surface area (Å²) >= 11 is 0. The van der Waals surface area contributed by atoms with Gasteiger partial charge in [0.2, 0.25) is 0 Å². The van der Waals surface area contributed by atoms with Crippen molar-refractivity contribution in [2.24, 2.45) is 0 Å². The highest BCUT2D eigenvalue weighted by Crippen LogP contribution is 2.42. The lowest BCUT2D eigenvalue weighted by atomic mass is 9.94. The average Bonchev–Trinajstić information content (AvgIpc) is 3.09. The molecule has 0 amide bonds. The third kappa shape index (κ3) is 5.64. The molecule has 7 aromatic carbocycles. The number of esters is 1. The van der Waals surface area contributed by atoms with Crippen LogP contribution in [-0.4, -0.2) is 5.97 Å². The maximum Gasteiger partial charge on any atom is 0.343 e. The van der Waals surface area contributed by atoms with Gasteiger partial charge in [-0.3, -0.25) is 0 Å². The second-order valence-electron chi connectivity index (χ2n) is 12.0. The molecule has 0 aliphatic heterocycles. The number of anilines is 3. The summed E-state index contributed by atoms with van der Waals surface area (Å²) in [6, 6.07) is 51.7. The van der Waals surface area contributed by atoms with Crippen molar-refractivity contribution < 1.29 is 9.53 Å². The van der Waals surface area contributed by atoms with Crippen molar-refractivity contribution >= 4 is 44.6 Å². The first-order valence-electron chi connectivity index (χ1n) is 15.8. The zero-order valence-electron chi connectivity index (χ0n) is 26.3. The van der Waals surface area contributed by atoms with Crippen LogP contribution >= 0.6 is 0 Å². The number of rotatable bonds is 7. The summed E-state index contributed by atoms with van der Waals surface area (Å²) < 4.78 is 5.82. The van der Waals surface area contributed by atoms with E-state index in [1.165, 1.54) is 27.5 Å². The Morgan fingerprint density at radius 1 is 0.609 bits per heavy atom. The first-order chi connectivity index (χ1) is 22.5. The van der Waals surface area contributed by atoms with Crippen LogP contribution in [0.25, 0.3) is 32.7 Å². The summed E-state index contributed by atoms with van der Waals surface area (Å²) in [6.45, 7) is 6.53. The lowest BCUT2D eigenvalue weighted by Crippen LogP contribution is -2.12. The lowest BCUT2D eigenvalue weighted by Gasteiger charge is -2.28. The molecule has 0 aliphatic rings. The summed E-state index contributed by atoms with van der Waals surface area (Å²) in [5.74, 6) is 0.583. The molecule has 0 heterocycles. The molecule has 0 saturated carbocycles. The number of fused-ring (bicyclic) bond motifs is 2. The minimum atomic E-state index is -0.390. The first kappa shape index (κ1) is 29.1. The van der Waals surface area contributed by atoms with Crippen LogP contribution in [0, 0.1) is 6.92 Å². The monoisotopic (exact) mass is 597 g/mol. The molecule has 0 atom stereocenters. The van der Waals surface area contributed by atoms with Gasteiger partial charge in [-0.05, 0) is 94.4 Å². The second kappa shape index (κ2) is 12.4. The van der Waals surface area contributed by atoms with Gasteiger partial charge in [-0.15, -0.1) is 0 Å². The van der Waals surface area contributed by atoms with Gasteiger partial charge in [0.25, 0.3) is 0 Å². The smallest absolute Gasteiger partial charge is 0.343 e. The van der Waals surface area contributed by atoms with Crippen LogP contribution in [0.3, 0.4) is 0 Å². The molecule has 46 heavy (non-hydrogen) atoms. The fourth-order valence-corrected chi connectivity index (χ4v) is 6.14. The Hall–Kier alpha value is -5.67. The van der Waals surface area contributed by atoms with Crippen molar-refractivity contribution in [3.63, 3.8) is 0 Å². The Labute approximate surface area is 270 Å². The largest absolute Gasteiger partial charge is 0.423 e. The predicted molar refractivity (Wildman–Crippen MR) is 192 cm³/mol. The first-order valence-corrected chi connectivity index (χ1v) is 15.8. The normalized spacial score (nSPS) is 11.2. The van der Waals surface area contributed by atoms with Gasteiger partial charge < -0.3 is 9.64 Å². The van der Waals surface area contributed by atoms with Crippen molar-refractivity contribution in [2.45, 2.75) is 26.7 Å². The van der Waals surface area contributed by atoms with Crippen LogP contribution in [0.2, 0.25) is 0 Å². The molecule has 0 aromatic heterocycles. The molecule has 224 valence electrons. The number of nitrogens with zero attached hydrogens (tertiary/aromatic N) is 1. The number of carbonyl (C=O) groups is 1. The van der Waals surface area contributed by atoms with Crippen LogP contribution in [0.4, 0.5) is 17.1 Å². The van der Waals surface area contributed by atoms with Crippen LogP contribution < -0.4 is 9.64 Å². The summed E-state index contributed by atoms with van der Waals surface area (Å²) in [5.41, 5.74) is 8.40. The van der Waals surface area contributed by atoms with Crippen LogP contribution in [0.5, 0.6) is 5.75 Å². The van der Waals surface area contributed by atoms with Crippen LogP contribution in [0.1, 0.15) is 41.3 Å². The van der Waals surface area contributed by atoms with Gasteiger partial charge in [0.05, 0.1) is 16.9 Å². The van der Waals surface area contributed by atoms with E-state index in [1.54, 1.807) is 0 Å². The van der Waals surface area contributed by atoms with Crippen molar-refractivity contribution in [1.82, 2.24) is 0 Å². The Kier molecular flexibility index (Phi) is 7.82. The van der Waals surface area contributed by atoms with Crippen molar-refractivity contribution in [3.05, 3.63) is 168 Å². The van der Waals surface area contributed by atoms with Gasteiger partial charge >= 0.3 is 5.97 Å². The van der Waals surface area contributed by atoms with E-state index in [0.717, 1.165) is 33.4 Å². The summed E-state index contributed by atoms with van der Waals surface area (Å²) in [7, 11) is 0. The minimum absolute atomic E-state index is 0.390.